The molecule has 1 fully saturated rings. The van der Waals surface area contributed by atoms with E-state index in [1.165, 1.54) is 10.9 Å². The molecule has 0 unspecified atom stereocenters. The average molecular weight is 256 g/mol. The number of pyridine rings is 1. The smallest absolute Gasteiger partial charge is 0.0708 e. The third kappa shape index (κ3) is 2.62. The van der Waals surface area contributed by atoms with Crippen LogP contribution in [0.5, 0.6) is 0 Å². The molecule has 0 spiro atoms. The molecular formula is C16H20N2O. The van der Waals surface area contributed by atoms with Gasteiger partial charge in [-0.2, -0.15) is 0 Å². The number of fused-ring (bicyclic) bond motifs is 1. The molecule has 0 atom stereocenters. The lowest BCUT2D eigenvalue weighted by Gasteiger charge is -2.34. The second-order valence-corrected chi connectivity index (χ2v) is 5.35. The molecule has 0 bridgehead atoms. The van der Waals surface area contributed by atoms with Crippen molar-refractivity contribution in [2.45, 2.75) is 38.5 Å². The van der Waals surface area contributed by atoms with Crippen LogP contribution < -0.4 is 5.32 Å². The predicted octanol–water partition coefficient (Wildman–Crippen LogP) is 2.81. The minimum Gasteiger partial charge on any atom is -0.381 e. The quantitative estimate of drug-likeness (QED) is 0.913. The average Bonchev–Trinajstić information content (AvgIpc) is 2.36. The fourth-order valence-electron chi connectivity index (χ4n) is 2.72. The standard InChI is InChI=1S/C16H20N2O/c1-11-7-12(10-17-13-8-14(9-13)19-2)15-5-3-4-6-16(15)18-11/h3-7,13-14,17H,8-10H2,1-2H3. The SMILES string of the molecule is COC1CC(NCc2cc(C)nc3ccccc23)C1. The molecule has 1 aliphatic rings. The zero-order valence-electron chi connectivity index (χ0n) is 11.5. The van der Waals surface area contributed by atoms with Crippen LogP contribution in [-0.4, -0.2) is 24.2 Å². The number of aryl methyl sites for hydroxylation is 1. The van der Waals surface area contributed by atoms with Crippen molar-refractivity contribution >= 4 is 10.9 Å². The van der Waals surface area contributed by atoms with E-state index in [0.717, 1.165) is 30.6 Å². The van der Waals surface area contributed by atoms with Crippen LogP contribution >= 0.6 is 0 Å². The summed E-state index contributed by atoms with van der Waals surface area (Å²) in [5, 5.41) is 4.86. The van der Waals surface area contributed by atoms with Crippen LogP contribution in [-0.2, 0) is 11.3 Å². The Bertz CT molecular complexity index is 576. The monoisotopic (exact) mass is 256 g/mol. The van der Waals surface area contributed by atoms with Crippen molar-refractivity contribution in [3.8, 4) is 0 Å². The van der Waals surface area contributed by atoms with Crippen LogP contribution in [0.15, 0.2) is 30.3 Å². The summed E-state index contributed by atoms with van der Waals surface area (Å²) in [5.41, 5.74) is 3.51. The summed E-state index contributed by atoms with van der Waals surface area (Å²) in [5.74, 6) is 0. The second-order valence-electron chi connectivity index (χ2n) is 5.35. The molecule has 3 heteroatoms. The van der Waals surface area contributed by atoms with E-state index in [2.05, 4.69) is 41.5 Å². The Morgan fingerprint density at radius 3 is 2.89 bits per heavy atom. The van der Waals surface area contributed by atoms with Crippen molar-refractivity contribution in [2.75, 3.05) is 7.11 Å². The molecule has 0 saturated heterocycles. The Morgan fingerprint density at radius 2 is 2.11 bits per heavy atom. The first-order chi connectivity index (χ1) is 9.26. The molecule has 0 aliphatic heterocycles. The fourth-order valence-corrected chi connectivity index (χ4v) is 2.72. The van der Waals surface area contributed by atoms with Crippen LogP contribution in [0.4, 0.5) is 0 Å². The summed E-state index contributed by atoms with van der Waals surface area (Å²) in [6.07, 6.45) is 2.70. The lowest BCUT2D eigenvalue weighted by atomic mass is 9.89. The van der Waals surface area contributed by atoms with Crippen molar-refractivity contribution in [2.24, 2.45) is 0 Å². The van der Waals surface area contributed by atoms with Gasteiger partial charge >= 0.3 is 0 Å². The first-order valence-electron chi connectivity index (χ1n) is 6.87. The Morgan fingerprint density at radius 1 is 1.32 bits per heavy atom. The van der Waals surface area contributed by atoms with Gasteiger partial charge in [0.2, 0.25) is 0 Å². The molecule has 1 heterocycles. The third-order valence-electron chi connectivity index (χ3n) is 3.94. The maximum absolute atomic E-state index is 5.31. The van der Waals surface area contributed by atoms with Crippen LogP contribution in [0.1, 0.15) is 24.1 Å². The summed E-state index contributed by atoms with van der Waals surface area (Å²) in [6, 6.07) is 11.1. The van der Waals surface area contributed by atoms with E-state index < -0.39 is 0 Å². The van der Waals surface area contributed by atoms with E-state index in [-0.39, 0.29) is 0 Å². The Labute approximate surface area is 114 Å². The van der Waals surface area contributed by atoms with E-state index in [4.69, 9.17) is 4.74 Å². The first-order valence-corrected chi connectivity index (χ1v) is 6.87. The summed E-state index contributed by atoms with van der Waals surface area (Å²) >= 11 is 0. The van der Waals surface area contributed by atoms with E-state index in [1.807, 2.05) is 6.07 Å². The maximum atomic E-state index is 5.31. The van der Waals surface area contributed by atoms with Gasteiger partial charge in [0.1, 0.15) is 0 Å². The highest BCUT2D eigenvalue weighted by molar-refractivity contribution is 5.82. The number of rotatable bonds is 4. The highest BCUT2D eigenvalue weighted by atomic mass is 16.5. The van der Waals surface area contributed by atoms with Gasteiger partial charge in [0.05, 0.1) is 11.6 Å². The molecule has 1 N–H and O–H groups in total. The van der Waals surface area contributed by atoms with Gasteiger partial charge in [-0.15, -0.1) is 0 Å². The molecule has 1 aromatic carbocycles. The van der Waals surface area contributed by atoms with Gasteiger partial charge in [-0.25, -0.2) is 0 Å². The number of aromatic nitrogens is 1. The topological polar surface area (TPSA) is 34.1 Å². The number of benzene rings is 1. The lowest BCUT2D eigenvalue weighted by Crippen LogP contribution is -2.44. The molecule has 3 rings (SSSR count). The molecule has 2 aromatic rings. The number of ether oxygens (including phenoxy) is 1. The highest BCUT2D eigenvalue weighted by Crippen LogP contribution is 2.24. The molecule has 1 aromatic heterocycles. The molecule has 0 amide bonds. The fraction of sp³-hybridized carbons (Fsp3) is 0.438. The minimum absolute atomic E-state index is 0.452. The Hall–Kier alpha value is -1.45. The third-order valence-corrected chi connectivity index (χ3v) is 3.94. The highest BCUT2D eigenvalue weighted by Gasteiger charge is 2.28. The van der Waals surface area contributed by atoms with E-state index in [0.29, 0.717) is 12.1 Å². The summed E-state index contributed by atoms with van der Waals surface area (Å²) in [7, 11) is 1.79. The van der Waals surface area contributed by atoms with Gasteiger partial charge in [0, 0.05) is 30.8 Å². The molecule has 100 valence electrons. The second kappa shape index (κ2) is 5.27. The van der Waals surface area contributed by atoms with Gasteiger partial charge in [-0.05, 0) is 37.5 Å². The van der Waals surface area contributed by atoms with Gasteiger partial charge in [-0.3, -0.25) is 4.98 Å². The lowest BCUT2D eigenvalue weighted by molar-refractivity contribution is 0.0170. The van der Waals surface area contributed by atoms with Gasteiger partial charge in [-0.1, -0.05) is 18.2 Å². The van der Waals surface area contributed by atoms with Gasteiger partial charge in [0.15, 0.2) is 0 Å². The van der Waals surface area contributed by atoms with Crippen LogP contribution in [0.25, 0.3) is 10.9 Å². The first kappa shape index (κ1) is 12.6. The zero-order chi connectivity index (χ0) is 13.2. The number of hydrogen-bond donors (Lipinski definition) is 1. The number of para-hydroxylation sites is 1. The maximum Gasteiger partial charge on any atom is 0.0708 e. The van der Waals surface area contributed by atoms with Crippen molar-refractivity contribution in [1.82, 2.24) is 10.3 Å². The van der Waals surface area contributed by atoms with Crippen molar-refractivity contribution < 1.29 is 4.74 Å². The van der Waals surface area contributed by atoms with E-state index in [9.17, 15) is 0 Å². The molecule has 0 radical (unpaired) electrons. The molecule has 1 aliphatic carbocycles. The zero-order valence-corrected chi connectivity index (χ0v) is 11.5. The number of nitrogens with one attached hydrogen (secondary N) is 1. The van der Waals surface area contributed by atoms with Crippen molar-refractivity contribution in [3.63, 3.8) is 0 Å². The molecular weight excluding hydrogens is 236 g/mol. The Kier molecular flexibility index (Phi) is 3.49. The number of hydrogen-bond acceptors (Lipinski definition) is 3. The largest absolute Gasteiger partial charge is 0.381 e. The van der Waals surface area contributed by atoms with Gasteiger partial charge < -0.3 is 10.1 Å². The van der Waals surface area contributed by atoms with Crippen LogP contribution in [0.3, 0.4) is 0 Å². The van der Waals surface area contributed by atoms with Crippen LogP contribution in [0.2, 0.25) is 0 Å². The molecule has 3 nitrogen and oxygen atoms in total. The van der Waals surface area contributed by atoms with Crippen molar-refractivity contribution in [1.29, 1.82) is 0 Å². The summed E-state index contributed by atoms with van der Waals surface area (Å²) < 4.78 is 5.31. The predicted molar refractivity (Wildman–Crippen MR) is 77.1 cm³/mol. The van der Waals surface area contributed by atoms with E-state index in [1.54, 1.807) is 7.11 Å². The number of methoxy groups -OCH3 is 1. The minimum atomic E-state index is 0.452. The number of nitrogens with zero attached hydrogens (tertiary/aromatic N) is 1. The normalized spacial score (nSPS) is 22.4. The summed E-state index contributed by atoms with van der Waals surface area (Å²) in [4.78, 5) is 4.58. The Balaban J connectivity index is 1.74. The molecule has 1 saturated carbocycles. The van der Waals surface area contributed by atoms with Gasteiger partial charge in [0.25, 0.3) is 0 Å². The van der Waals surface area contributed by atoms with E-state index >= 15 is 0 Å². The summed E-state index contributed by atoms with van der Waals surface area (Å²) in [6.45, 7) is 2.96. The van der Waals surface area contributed by atoms with Crippen LogP contribution in [0, 0.1) is 6.92 Å². The van der Waals surface area contributed by atoms with Crippen molar-refractivity contribution in [3.05, 3.63) is 41.6 Å². The molecule has 19 heavy (non-hydrogen) atoms.